The maximum atomic E-state index is 11.9. The number of amides is 1. The van der Waals surface area contributed by atoms with Gasteiger partial charge in [-0.3, -0.25) is 9.48 Å². The van der Waals surface area contributed by atoms with Gasteiger partial charge in [0.15, 0.2) is 0 Å². The number of carbonyl (C=O) groups is 1. The molecule has 1 aromatic carbocycles. The Morgan fingerprint density at radius 3 is 2.90 bits per heavy atom. The third-order valence-electron chi connectivity index (χ3n) is 3.37. The molecule has 0 saturated heterocycles. The van der Waals surface area contributed by atoms with Gasteiger partial charge in [0.25, 0.3) is 5.91 Å². The second-order valence-corrected chi connectivity index (χ2v) is 4.66. The van der Waals surface area contributed by atoms with E-state index in [4.69, 9.17) is 0 Å². The van der Waals surface area contributed by atoms with Crippen LogP contribution in [0.2, 0.25) is 0 Å². The number of fused-ring (bicyclic) bond motifs is 1. The molecule has 5 nitrogen and oxygen atoms in total. The van der Waals surface area contributed by atoms with Crippen molar-refractivity contribution in [2.45, 2.75) is 6.54 Å². The van der Waals surface area contributed by atoms with E-state index in [1.54, 1.807) is 24.0 Å². The SMILES string of the molecule is Cn1nccc1C(=O)NCCn1ccc2ccccc21. The number of para-hydroxylation sites is 1. The van der Waals surface area contributed by atoms with Crippen LogP contribution in [0.4, 0.5) is 0 Å². The van der Waals surface area contributed by atoms with Gasteiger partial charge in [-0.25, -0.2) is 0 Å². The number of rotatable bonds is 4. The van der Waals surface area contributed by atoms with Crippen molar-refractivity contribution in [2.24, 2.45) is 7.05 Å². The zero-order valence-electron chi connectivity index (χ0n) is 11.3. The Morgan fingerprint density at radius 2 is 2.10 bits per heavy atom. The van der Waals surface area contributed by atoms with Crippen LogP contribution in [0.15, 0.2) is 48.8 Å². The summed E-state index contributed by atoms with van der Waals surface area (Å²) in [7, 11) is 1.76. The van der Waals surface area contributed by atoms with Crippen LogP contribution in [0.5, 0.6) is 0 Å². The topological polar surface area (TPSA) is 51.9 Å². The predicted octanol–water partition coefficient (Wildman–Crippen LogP) is 1.80. The number of hydrogen-bond acceptors (Lipinski definition) is 2. The number of carbonyl (C=O) groups excluding carboxylic acids is 1. The normalized spacial score (nSPS) is 10.8. The lowest BCUT2D eigenvalue weighted by atomic mass is 10.2. The fourth-order valence-electron chi connectivity index (χ4n) is 2.31. The second kappa shape index (κ2) is 5.21. The zero-order valence-corrected chi connectivity index (χ0v) is 11.3. The van der Waals surface area contributed by atoms with Crippen LogP contribution < -0.4 is 5.32 Å². The molecule has 0 spiro atoms. The van der Waals surface area contributed by atoms with E-state index in [0.29, 0.717) is 12.2 Å². The van der Waals surface area contributed by atoms with Crippen LogP contribution in [-0.4, -0.2) is 26.8 Å². The van der Waals surface area contributed by atoms with Gasteiger partial charge in [0, 0.05) is 38.0 Å². The smallest absolute Gasteiger partial charge is 0.269 e. The largest absolute Gasteiger partial charge is 0.349 e. The summed E-state index contributed by atoms with van der Waals surface area (Å²) in [6.07, 6.45) is 3.66. The second-order valence-electron chi connectivity index (χ2n) is 4.66. The summed E-state index contributed by atoms with van der Waals surface area (Å²) in [4.78, 5) is 11.9. The lowest BCUT2D eigenvalue weighted by Gasteiger charge is -2.07. The number of hydrogen-bond donors (Lipinski definition) is 1. The molecule has 0 aliphatic carbocycles. The third-order valence-corrected chi connectivity index (χ3v) is 3.37. The van der Waals surface area contributed by atoms with Crippen LogP contribution in [0, 0.1) is 0 Å². The van der Waals surface area contributed by atoms with Gasteiger partial charge < -0.3 is 9.88 Å². The summed E-state index contributed by atoms with van der Waals surface area (Å²) < 4.78 is 3.71. The van der Waals surface area contributed by atoms with Gasteiger partial charge in [-0.15, -0.1) is 0 Å². The number of aromatic nitrogens is 3. The summed E-state index contributed by atoms with van der Waals surface area (Å²) >= 11 is 0. The number of aryl methyl sites for hydroxylation is 1. The van der Waals surface area contributed by atoms with Crippen molar-refractivity contribution in [3.05, 3.63) is 54.5 Å². The summed E-state index contributed by atoms with van der Waals surface area (Å²) in [5, 5.41) is 8.11. The lowest BCUT2D eigenvalue weighted by molar-refractivity contribution is 0.0943. The highest BCUT2D eigenvalue weighted by atomic mass is 16.2. The Hall–Kier alpha value is -2.56. The molecule has 0 saturated carbocycles. The Morgan fingerprint density at radius 1 is 1.25 bits per heavy atom. The van der Waals surface area contributed by atoms with Crippen molar-refractivity contribution in [2.75, 3.05) is 6.54 Å². The summed E-state index contributed by atoms with van der Waals surface area (Å²) in [6.45, 7) is 1.33. The first-order valence-electron chi connectivity index (χ1n) is 6.56. The standard InChI is InChI=1S/C15H16N4O/c1-18-14(6-8-17-18)15(20)16-9-11-19-10-7-12-4-2-3-5-13(12)19/h2-8,10H,9,11H2,1H3,(H,16,20). The molecule has 1 amide bonds. The Kier molecular flexibility index (Phi) is 3.25. The highest BCUT2D eigenvalue weighted by Gasteiger charge is 2.08. The van der Waals surface area contributed by atoms with E-state index in [-0.39, 0.29) is 5.91 Å². The highest BCUT2D eigenvalue weighted by Crippen LogP contribution is 2.14. The molecule has 20 heavy (non-hydrogen) atoms. The van der Waals surface area contributed by atoms with E-state index in [2.05, 4.69) is 33.2 Å². The number of benzene rings is 1. The van der Waals surface area contributed by atoms with Gasteiger partial charge in [-0.05, 0) is 23.6 Å². The molecule has 3 aromatic rings. The van der Waals surface area contributed by atoms with E-state index in [1.165, 1.54) is 10.9 Å². The highest BCUT2D eigenvalue weighted by molar-refractivity contribution is 5.92. The molecule has 0 aliphatic rings. The molecule has 0 fully saturated rings. The molecule has 0 bridgehead atoms. The molecule has 1 N–H and O–H groups in total. The minimum atomic E-state index is -0.0959. The van der Waals surface area contributed by atoms with E-state index >= 15 is 0 Å². The van der Waals surface area contributed by atoms with Crippen LogP contribution in [-0.2, 0) is 13.6 Å². The van der Waals surface area contributed by atoms with Crippen LogP contribution in [0.3, 0.4) is 0 Å². The monoisotopic (exact) mass is 268 g/mol. The quantitative estimate of drug-likeness (QED) is 0.784. The molecule has 102 valence electrons. The molecule has 5 heteroatoms. The summed E-state index contributed by atoms with van der Waals surface area (Å²) in [6, 6.07) is 12.0. The summed E-state index contributed by atoms with van der Waals surface area (Å²) in [5.41, 5.74) is 1.75. The van der Waals surface area contributed by atoms with Crippen molar-refractivity contribution in [3.63, 3.8) is 0 Å². The van der Waals surface area contributed by atoms with E-state index in [0.717, 1.165) is 6.54 Å². The van der Waals surface area contributed by atoms with Gasteiger partial charge in [-0.1, -0.05) is 18.2 Å². The Bertz CT molecular complexity index is 741. The van der Waals surface area contributed by atoms with E-state index < -0.39 is 0 Å². The maximum Gasteiger partial charge on any atom is 0.269 e. The molecule has 0 aliphatic heterocycles. The van der Waals surface area contributed by atoms with Crippen LogP contribution in [0.1, 0.15) is 10.5 Å². The Labute approximate surface area is 116 Å². The van der Waals surface area contributed by atoms with Gasteiger partial charge >= 0.3 is 0 Å². The molecule has 2 aromatic heterocycles. The van der Waals surface area contributed by atoms with E-state index in [9.17, 15) is 4.79 Å². The van der Waals surface area contributed by atoms with Gasteiger partial charge in [0.1, 0.15) is 5.69 Å². The van der Waals surface area contributed by atoms with Crippen molar-refractivity contribution < 1.29 is 4.79 Å². The minimum absolute atomic E-state index is 0.0959. The summed E-state index contributed by atoms with van der Waals surface area (Å²) in [5.74, 6) is -0.0959. The molecule has 0 atom stereocenters. The minimum Gasteiger partial charge on any atom is -0.349 e. The predicted molar refractivity (Wildman–Crippen MR) is 77.5 cm³/mol. The molecule has 0 radical (unpaired) electrons. The van der Waals surface area contributed by atoms with Crippen molar-refractivity contribution in [3.8, 4) is 0 Å². The van der Waals surface area contributed by atoms with Crippen molar-refractivity contribution in [1.82, 2.24) is 19.7 Å². The van der Waals surface area contributed by atoms with E-state index in [1.807, 2.05) is 18.3 Å². The third kappa shape index (κ3) is 2.30. The molecular formula is C15H16N4O. The van der Waals surface area contributed by atoms with Crippen molar-refractivity contribution >= 4 is 16.8 Å². The number of nitrogens with zero attached hydrogens (tertiary/aromatic N) is 3. The van der Waals surface area contributed by atoms with Crippen LogP contribution in [0.25, 0.3) is 10.9 Å². The average molecular weight is 268 g/mol. The first kappa shape index (κ1) is 12.5. The number of nitrogens with one attached hydrogen (secondary N) is 1. The van der Waals surface area contributed by atoms with Gasteiger partial charge in [-0.2, -0.15) is 5.10 Å². The fourth-order valence-corrected chi connectivity index (χ4v) is 2.31. The van der Waals surface area contributed by atoms with Crippen LogP contribution >= 0.6 is 0 Å². The van der Waals surface area contributed by atoms with Gasteiger partial charge in [0.05, 0.1) is 0 Å². The zero-order chi connectivity index (χ0) is 13.9. The molecule has 3 rings (SSSR count). The average Bonchev–Trinajstić information content (AvgIpc) is 3.05. The molecule has 0 unspecified atom stereocenters. The Balaban J connectivity index is 1.63. The first-order chi connectivity index (χ1) is 9.75. The molecule has 2 heterocycles. The fraction of sp³-hybridized carbons (Fsp3) is 0.200. The first-order valence-corrected chi connectivity index (χ1v) is 6.56. The van der Waals surface area contributed by atoms with Crippen molar-refractivity contribution in [1.29, 1.82) is 0 Å². The lowest BCUT2D eigenvalue weighted by Crippen LogP contribution is -2.28. The maximum absolute atomic E-state index is 11.9. The molecular weight excluding hydrogens is 252 g/mol. The van der Waals surface area contributed by atoms with Gasteiger partial charge in [0.2, 0.25) is 0 Å².